The average Bonchev–Trinajstić information content (AvgIpc) is 3.10. The standard InChI is InChI=1S/C17H11Cl2N3O2S/c18-11-3-6-14(19)13(9-11)16(24)21-12-4-1-10(2-5-12)15(23)22-17-20-7-8-25-17/h1-9H,(H,21,24)(H,20,22,23). The van der Waals surface area contributed by atoms with Crippen LogP contribution in [0.3, 0.4) is 0 Å². The van der Waals surface area contributed by atoms with Crippen LogP contribution in [-0.4, -0.2) is 16.8 Å². The highest BCUT2D eigenvalue weighted by Crippen LogP contribution is 2.22. The van der Waals surface area contributed by atoms with Crippen LogP contribution in [0.1, 0.15) is 20.7 Å². The predicted octanol–water partition coefficient (Wildman–Crippen LogP) is 4.95. The molecule has 8 heteroatoms. The van der Waals surface area contributed by atoms with E-state index in [9.17, 15) is 9.59 Å². The summed E-state index contributed by atoms with van der Waals surface area (Å²) in [6.07, 6.45) is 1.61. The molecule has 0 saturated heterocycles. The second kappa shape index (κ2) is 7.65. The quantitative estimate of drug-likeness (QED) is 0.660. The number of nitrogens with zero attached hydrogens (tertiary/aromatic N) is 1. The number of aromatic nitrogens is 1. The molecule has 3 aromatic rings. The molecule has 0 unspecified atom stereocenters. The van der Waals surface area contributed by atoms with Crippen molar-refractivity contribution >= 4 is 57.2 Å². The summed E-state index contributed by atoms with van der Waals surface area (Å²) in [7, 11) is 0. The van der Waals surface area contributed by atoms with Crippen LogP contribution in [0.5, 0.6) is 0 Å². The van der Waals surface area contributed by atoms with Crippen LogP contribution in [0.15, 0.2) is 54.0 Å². The maximum atomic E-state index is 12.3. The van der Waals surface area contributed by atoms with E-state index in [1.807, 2.05) is 0 Å². The molecule has 0 saturated carbocycles. The maximum absolute atomic E-state index is 12.3. The van der Waals surface area contributed by atoms with Gasteiger partial charge in [-0.2, -0.15) is 0 Å². The molecule has 0 atom stereocenters. The van der Waals surface area contributed by atoms with Gasteiger partial charge in [0.1, 0.15) is 0 Å². The van der Waals surface area contributed by atoms with Crippen molar-refractivity contribution < 1.29 is 9.59 Å². The smallest absolute Gasteiger partial charge is 0.257 e. The Labute approximate surface area is 157 Å². The number of amides is 2. The largest absolute Gasteiger partial charge is 0.322 e. The van der Waals surface area contributed by atoms with Crippen molar-refractivity contribution in [2.75, 3.05) is 10.6 Å². The third kappa shape index (κ3) is 4.36. The molecule has 1 heterocycles. The van der Waals surface area contributed by atoms with E-state index in [2.05, 4.69) is 15.6 Å². The summed E-state index contributed by atoms with van der Waals surface area (Å²) < 4.78 is 0. The number of carbonyl (C=O) groups is 2. The second-order valence-corrected chi connectivity index (χ2v) is 6.69. The molecule has 0 aliphatic heterocycles. The van der Waals surface area contributed by atoms with Gasteiger partial charge in [0.15, 0.2) is 5.13 Å². The molecular formula is C17H11Cl2N3O2S. The summed E-state index contributed by atoms with van der Waals surface area (Å²) in [5.41, 5.74) is 1.26. The number of hydrogen-bond donors (Lipinski definition) is 2. The van der Waals surface area contributed by atoms with Crippen LogP contribution in [0.25, 0.3) is 0 Å². The summed E-state index contributed by atoms with van der Waals surface area (Å²) in [4.78, 5) is 28.4. The molecule has 0 aliphatic rings. The molecule has 0 radical (unpaired) electrons. The zero-order chi connectivity index (χ0) is 17.8. The van der Waals surface area contributed by atoms with Crippen LogP contribution < -0.4 is 10.6 Å². The molecule has 2 amide bonds. The fourth-order valence-corrected chi connectivity index (χ4v) is 2.93. The first-order chi connectivity index (χ1) is 12.0. The van der Waals surface area contributed by atoms with Crippen molar-refractivity contribution in [3.05, 3.63) is 75.2 Å². The molecule has 2 N–H and O–H groups in total. The third-order valence-electron chi connectivity index (χ3n) is 3.23. The number of rotatable bonds is 4. The van der Waals surface area contributed by atoms with E-state index in [1.54, 1.807) is 48.0 Å². The molecule has 0 aliphatic carbocycles. The highest BCUT2D eigenvalue weighted by atomic mass is 35.5. The van der Waals surface area contributed by atoms with E-state index in [1.165, 1.54) is 17.4 Å². The molecule has 0 fully saturated rings. The van der Waals surface area contributed by atoms with E-state index in [0.717, 1.165) is 0 Å². The van der Waals surface area contributed by atoms with Crippen molar-refractivity contribution in [3.8, 4) is 0 Å². The number of halogens is 2. The monoisotopic (exact) mass is 391 g/mol. The Morgan fingerprint density at radius 3 is 2.40 bits per heavy atom. The molecule has 2 aromatic carbocycles. The fourth-order valence-electron chi connectivity index (χ4n) is 2.03. The average molecular weight is 392 g/mol. The Hall–Kier alpha value is -2.41. The Kier molecular flexibility index (Phi) is 5.33. The van der Waals surface area contributed by atoms with Crippen LogP contribution >= 0.6 is 34.5 Å². The van der Waals surface area contributed by atoms with Gasteiger partial charge in [-0.3, -0.25) is 14.9 Å². The zero-order valence-corrected chi connectivity index (χ0v) is 15.0. The minimum atomic E-state index is -0.382. The minimum absolute atomic E-state index is 0.272. The second-order valence-electron chi connectivity index (χ2n) is 4.95. The highest BCUT2D eigenvalue weighted by Gasteiger charge is 2.12. The van der Waals surface area contributed by atoms with Crippen LogP contribution in [-0.2, 0) is 0 Å². The van der Waals surface area contributed by atoms with Crippen LogP contribution in [0, 0.1) is 0 Å². The normalized spacial score (nSPS) is 10.3. The SMILES string of the molecule is O=C(Nc1nccs1)c1ccc(NC(=O)c2cc(Cl)ccc2Cl)cc1. The lowest BCUT2D eigenvalue weighted by Gasteiger charge is -2.08. The molecular weight excluding hydrogens is 381 g/mol. The first kappa shape index (κ1) is 17.4. The Morgan fingerprint density at radius 1 is 0.960 bits per heavy atom. The summed E-state index contributed by atoms with van der Waals surface area (Å²) in [6.45, 7) is 0. The summed E-state index contributed by atoms with van der Waals surface area (Å²) >= 11 is 13.2. The lowest BCUT2D eigenvalue weighted by atomic mass is 10.1. The highest BCUT2D eigenvalue weighted by molar-refractivity contribution is 7.13. The van der Waals surface area contributed by atoms with Crippen LogP contribution in [0.4, 0.5) is 10.8 Å². The summed E-state index contributed by atoms with van der Waals surface area (Å²) in [5, 5.41) is 8.43. The first-order valence-electron chi connectivity index (χ1n) is 7.10. The van der Waals surface area contributed by atoms with Crippen LogP contribution in [0.2, 0.25) is 10.0 Å². The predicted molar refractivity (Wildman–Crippen MR) is 101 cm³/mol. The van der Waals surface area contributed by atoms with Gasteiger partial charge in [-0.15, -0.1) is 11.3 Å². The van der Waals surface area contributed by atoms with Gasteiger partial charge in [0.2, 0.25) is 0 Å². The van der Waals surface area contributed by atoms with Gasteiger partial charge in [0.25, 0.3) is 11.8 Å². The number of benzene rings is 2. The fraction of sp³-hybridized carbons (Fsp3) is 0. The lowest BCUT2D eigenvalue weighted by molar-refractivity contribution is 0.102. The van der Waals surface area contributed by atoms with Crippen molar-refractivity contribution in [1.29, 1.82) is 0 Å². The van der Waals surface area contributed by atoms with Gasteiger partial charge < -0.3 is 5.32 Å². The molecule has 1 aromatic heterocycles. The summed E-state index contributed by atoms with van der Waals surface area (Å²) in [6, 6.07) is 11.1. The van der Waals surface area contributed by atoms with Crippen molar-refractivity contribution in [2.24, 2.45) is 0 Å². The van der Waals surface area contributed by atoms with Gasteiger partial charge in [0, 0.05) is 27.9 Å². The molecule has 5 nitrogen and oxygen atoms in total. The van der Waals surface area contributed by atoms with Gasteiger partial charge >= 0.3 is 0 Å². The maximum Gasteiger partial charge on any atom is 0.257 e. The van der Waals surface area contributed by atoms with Crippen molar-refractivity contribution in [3.63, 3.8) is 0 Å². The third-order valence-corrected chi connectivity index (χ3v) is 4.48. The zero-order valence-electron chi connectivity index (χ0n) is 12.6. The van der Waals surface area contributed by atoms with Gasteiger partial charge in [-0.25, -0.2) is 4.98 Å². The van der Waals surface area contributed by atoms with Gasteiger partial charge in [-0.05, 0) is 42.5 Å². The lowest BCUT2D eigenvalue weighted by Crippen LogP contribution is -2.14. The van der Waals surface area contributed by atoms with E-state index >= 15 is 0 Å². The number of carbonyl (C=O) groups excluding carboxylic acids is 2. The molecule has 25 heavy (non-hydrogen) atoms. The van der Waals surface area contributed by atoms with Gasteiger partial charge in [-0.1, -0.05) is 23.2 Å². The molecule has 0 bridgehead atoms. The molecule has 3 rings (SSSR count). The summed E-state index contributed by atoms with van der Waals surface area (Å²) in [5.74, 6) is -0.654. The van der Waals surface area contributed by atoms with E-state index in [-0.39, 0.29) is 17.4 Å². The topological polar surface area (TPSA) is 71.1 Å². The van der Waals surface area contributed by atoms with Crippen molar-refractivity contribution in [2.45, 2.75) is 0 Å². The van der Waals surface area contributed by atoms with E-state index in [4.69, 9.17) is 23.2 Å². The minimum Gasteiger partial charge on any atom is -0.322 e. The number of nitrogens with one attached hydrogen (secondary N) is 2. The Balaban J connectivity index is 1.69. The number of hydrogen-bond acceptors (Lipinski definition) is 4. The number of thiazole rings is 1. The van der Waals surface area contributed by atoms with E-state index < -0.39 is 0 Å². The number of anilines is 2. The molecule has 126 valence electrons. The Bertz CT molecular complexity index is 912. The van der Waals surface area contributed by atoms with Crippen molar-refractivity contribution in [1.82, 2.24) is 4.98 Å². The Morgan fingerprint density at radius 2 is 1.72 bits per heavy atom. The first-order valence-corrected chi connectivity index (χ1v) is 8.74. The molecule has 0 spiro atoms. The van der Waals surface area contributed by atoms with E-state index in [0.29, 0.717) is 26.4 Å². The van der Waals surface area contributed by atoms with Gasteiger partial charge in [0.05, 0.1) is 10.6 Å².